The molecule has 0 aliphatic carbocycles. The number of nitrogens with zero attached hydrogens (tertiary/aromatic N) is 2. The van der Waals surface area contributed by atoms with Crippen molar-refractivity contribution in [1.29, 1.82) is 0 Å². The Bertz CT molecular complexity index is 522. The number of nitrogens with one attached hydrogen (secondary N) is 1. The molecule has 2 aliphatic rings. The van der Waals surface area contributed by atoms with E-state index < -0.39 is 4.92 Å². The maximum Gasteiger partial charge on any atom is 0.324 e. The summed E-state index contributed by atoms with van der Waals surface area (Å²) >= 11 is 0.961. The normalized spacial score (nSPS) is 26.2. The van der Waals surface area contributed by atoms with Gasteiger partial charge >= 0.3 is 5.00 Å². The third-order valence-electron chi connectivity index (χ3n) is 4.04. The quantitative estimate of drug-likeness (QED) is 0.658. The first-order valence-electron chi connectivity index (χ1n) is 6.34. The van der Waals surface area contributed by atoms with Crippen molar-refractivity contribution < 1.29 is 9.72 Å². The summed E-state index contributed by atoms with van der Waals surface area (Å²) in [6.45, 7) is 3.52. The first-order chi connectivity index (χ1) is 9.10. The standard InChI is InChI=1S/C12H15N3O3S/c16-11(9-1-2-10(19-9)15(17)18)14-6-4-12(8-14)3-5-13-7-12/h1-2,13H,3-8H2. The van der Waals surface area contributed by atoms with Crippen molar-refractivity contribution in [2.24, 2.45) is 5.41 Å². The molecule has 1 aromatic heterocycles. The summed E-state index contributed by atoms with van der Waals surface area (Å²) in [7, 11) is 0. The van der Waals surface area contributed by atoms with E-state index in [2.05, 4.69) is 5.32 Å². The van der Waals surface area contributed by atoms with Gasteiger partial charge in [-0.3, -0.25) is 14.9 Å². The molecule has 1 aromatic rings. The molecule has 2 aliphatic heterocycles. The van der Waals surface area contributed by atoms with Gasteiger partial charge < -0.3 is 10.2 Å². The van der Waals surface area contributed by atoms with E-state index in [1.54, 1.807) is 6.07 Å². The Kier molecular flexibility index (Phi) is 3.02. The van der Waals surface area contributed by atoms with Crippen LogP contribution in [-0.2, 0) is 0 Å². The van der Waals surface area contributed by atoms with Crippen LogP contribution in [0.2, 0.25) is 0 Å². The monoisotopic (exact) mass is 281 g/mol. The van der Waals surface area contributed by atoms with E-state index in [1.165, 1.54) is 6.07 Å². The molecule has 0 aromatic carbocycles. The summed E-state index contributed by atoms with van der Waals surface area (Å²) in [5.74, 6) is -0.0677. The van der Waals surface area contributed by atoms with Crippen molar-refractivity contribution in [3.8, 4) is 0 Å². The maximum atomic E-state index is 12.3. The second kappa shape index (κ2) is 4.57. The van der Waals surface area contributed by atoms with Crippen LogP contribution in [0.1, 0.15) is 22.5 Å². The number of thiophene rings is 1. The Hall–Kier alpha value is -1.47. The molecule has 2 saturated heterocycles. The highest BCUT2D eigenvalue weighted by molar-refractivity contribution is 7.17. The molecular formula is C12H15N3O3S. The molecular weight excluding hydrogens is 266 g/mol. The van der Waals surface area contributed by atoms with Gasteiger partial charge in [-0.2, -0.15) is 0 Å². The van der Waals surface area contributed by atoms with Crippen molar-refractivity contribution in [3.63, 3.8) is 0 Å². The maximum absolute atomic E-state index is 12.3. The van der Waals surface area contributed by atoms with Crippen molar-refractivity contribution in [2.75, 3.05) is 26.2 Å². The average Bonchev–Trinajstić information content (AvgIpc) is 3.11. The number of hydrogen-bond acceptors (Lipinski definition) is 5. The average molecular weight is 281 g/mol. The Morgan fingerprint density at radius 2 is 2.32 bits per heavy atom. The van der Waals surface area contributed by atoms with Crippen LogP contribution in [0.25, 0.3) is 0 Å². The lowest BCUT2D eigenvalue weighted by Crippen LogP contribution is -2.32. The molecule has 1 spiro atoms. The number of rotatable bonds is 2. The molecule has 0 radical (unpaired) electrons. The molecule has 2 fully saturated rings. The summed E-state index contributed by atoms with van der Waals surface area (Å²) in [5, 5.41) is 14.0. The highest BCUT2D eigenvalue weighted by Crippen LogP contribution is 2.37. The minimum absolute atomic E-state index is 0.0276. The van der Waals surface area contributed by atoms with Crippen molar-refractivity contribution in [3.05, 3.63) is 27.1 Å². The number of carbonyl (C=O) groups excluding carboxylic acids is 1. The topological polar surface area (TPSA) is 75.5 Å². The molecule has 1 amide bonds. The molecule has 1 N–H and O–H groups in total. The zero-order chi connectivity index (χ0) is 13.5. The summed E-state index contributed by atoms with van der Waals surface area (Å²) in [6.07, 6.45) is 2.14. The van der Waals surface area contributed by atoms with Crippen LogP contribution in [0.15, 0.2) is 12.1 Å². The largest absolute Gasteiger partial charge is 0.337 e. The van der Waals surface area contributed by atoms with E-state index in [0.717, 1.165) is 50.4 Å². The molecule has 0 saturated carbocycles. The van der Waals surface area contributed by atoms with Crippen LogP contribution in [0.5, 0.6) is 0 Å². The van der Waals surface area contributed by atoms with Gasteiger partial charge in [-0.25, -0.2) is 0 Å². The minimum Gasteiger partial charge on any atom is -0.337 e. The second-order valence-electron chi connectivity index (χ2n) is 5.30. The van der Waals surface area contributed by atoms with Crippen LogP contribution in [0, 0.1) is 15.5 Å². The zero-order valence-electron chi connectivity index (χ0n) is 10.4. The lowest BCUT2D eigenvalue weighted by atomic mass is 9.87. The Morgan fingerprint density at radius 3 is 2.95 bits per heavy atom. The highest BCUT2D eigenvalue weighted by Gasteiger charge is 2.42. The zero-order valence-corrected chi connectivity index (χ0v) is 11.2. The van der Waals surface area contributed by atoms with Crippen LogP contribution in [0.3, 0.4) is 0 Å². The fraction of sp³-hybridized carbons (Fsp3) is 0.583. The van der Waals surface area contributed by atoms with Crippen molar-refractivity contribution >= 4 is 22.2 Å². The van der Waals surface area contributed by atoms with Gasteiger partial charge in [0.2, 0.25) is 0 Å². The number of amides is 1. The van der Waals surface area contributed by atoms with Gasteiger partial charge in [-0.1, -0.05) is 11.3 Å². The van der Waals surface area contributed by atoms with Gasteiger partial charge in [-0.05, 0) is 25.5 Å². The molecule has 1 atom stereocenters. The molecule has 19 heavy (non-hydrogen) atoms. The molecule has 0 bridgehead atoms. The Balaban J connectivity index is 1.72. The van der Waals surface area contributed by atoms with Gasteiger partial charge in [0.1, 0.15) is 0 Å². The van der Waals surface area contributed by atoms with E-state index in [1.807, 2.05) is 4.90 Å². The van der Waals surface area contributed by atoms with Gasteiger partial charge in [0.05, 0.1) is 9.80 Å². The van der Waals surface area contributed by atoms with Gasteiger partial charge in [0.25, 0.3) is 5.91 Å². The van der Waals surface area contributed by atoms with Crippen molar-refractivity contribution in [1.82, 2.24) is 10.2 Å². The van der Waals surface area contributed by atoms with E-state index in [-0.39, 0.29) is 16.3 Å². The molecule has 6 nitrogen and oxygen atoms in total. The van der Waals surface area contributed by atoms with Gasteiger partial charge in [0, 0.05) is 31.1 Å². The number of hydrogen-bond donors (Lipinski definition) is 1. The fourth-order valence-corrected chi connectivity index (χ4v) is 3.74. The lowest BCUT2D eigenvalue weighted by Gasteiger charge is -2.22. The van der Waals surface area contributed by atoms with Crippen LogP contribution in [0.4, 0.5) is 5.00 Å². The molecule has 3 heterocycles. The lowest BCUT2D eigenvalue weighted by molar-refractivity contribution is -0.380. The molecule has 1 unspecified atom stereocenters. The summed E-state index contributed by atoms with van der Waals surface area (Å²) < 4.78 is 0. The second-order valence-corrected chi connectivity index (χ2v) is 6.36. The summed E-state index contributed by atoms with van der Waals surface area (Å²) in [5.41, 5.74) is 0.235. The first kappa shape index (κ1) is 12.6. The van der Waals surface area contributed by atoms with Crippen LogP contribution >= 0.6 is 11.3 Å². The Labute approximate surface area is 114 Å². The van der Waals surface area contributed by atoms with Crippen LogP contribution in [-0.4, -0.2) is 41.9 Å². The number of likely N-dealkylation sites (tertiary alicyclic amines) is 1. The predicted molar refractivity (Wildman–Crippen MR) is 71.4 cm³/mol. The smallest absolute Gasteiger partial charge is 0.324 e. The van der Waals surface area contributed by atoms with Gasteiger partial charge in [0.15, 0.2) is 0 Å². The van der Waals surface area contributed by atoms with E-state index in [0.29, 0.717) is 4.88 Å². The third-order valence-corrected chi connectivity index (χ3v) is 5.07. The highest BCUT2D eigenvalue weighted by atomic mass is 32.1. The summed E-state index contributed by atoms with van der Waals surface area (Å²) in [6, 6.07) is 2.96. The SMILES string of the molecule is O=C(c1ccc([N+](=O)[O-])s1)N1CCC2(CCNC2)C1. The van der Waals surface area contributed by atoms with Gasteiger partial charge in [-0.15, -0.1) is 0 Å². The van der Waals surface area contributed by atoms with Crippen LogP contribution < -0.4 is 5.32 Å². The fourth-order valence-electron chi connectivity index (χ4n) is 2.95. The first-order valence-corrected chi connectivity index (χ1v) is 7.16. The number of carbonyl (C=O) groups is 1. The summed E-state index contributed by atoms with van der Waals surface area (Å²) in [4.78, 5) is 24.8. The van der Waals surface area contributed by atoms with E-state index >= 15 is 0 Å². The molecule has 102 valence electrons. The molecule has 3 rings (SSSR count). The third kappa shape index (κ3) is 2.23. The predicted octanol–water partition coefficient (Wildman–Crippen LogP) is 1.48. The Morgan fingerprint density at radius 1 is 1.47 bits per heavy atom. The van der Waals surface area contributed by atoms with E-state index in [4.69, 9.17) is 0 Å². The van der Waals surface area contributed by atoms with Crippen molar-refractivity contribution in [2.45, 2.75) is 12.8 Å². The number of nitro groups is 1. The van der Waals surface area contributed by atoms with E-state index in [9.17, 15) is 14.9 Å². The molecule has 7 heteroatoms. The minimum atomic E-state index is -0.451.